The van der Waals surface area contributed by atoms with Crippen molar-refractivity contribution < 1.29 is 29.1 Å². The molecule has 0 aliphatic heterocycles. The molecule has 0 bridgehead atoms. The molecule has 0 aliphatic carbocycles. The molecule has 0 amide bonds. The van der Waals surface area contributed by atoms with Gasteiger partial charge in [0, 0.05) is 0 Å². The van der Waals surface area contributed by atoms with E-state index in [1.54, 1.807) is 0 Å². The van der Waals surface area contributed by atoms with Gasteiger partial charge in [-0.1, -0.05) is 0 Å². The van der Waals surface area contributed by atoms with Crippen LogP contribution < -0.4 is 0 Å². The minimum atomic E-state index is -1.66. The lowest BCUT2D eigenvalue weighted by Crippen LogP contribution is -1.98. The number of rotatable bonds is 2. The van der Waals surface area contributed by atoms with Gasteiger partial charge in [0.15, 0.2) is 0 Å². The van der Waals surface area contributed by atoms with Crippen molar-refractivity contribution in [2.45, 2.75) is 0 Å². The zero-order valence-electron chi connectivity index (χ0n) is 5.38. The maximum atomic E-state index is 10.1. The molecule has 8 nitrogen and oxygen atoms in total. The van der Waals surface area contributed by atoms with Crippen LogP contribution in [0.15, 0.2) is 10.6 Å². The van der Waals surface area contributed by atoms with Crippen LogP contribution in [-0.2, 0) is 14.4 Å². The Hall–Kier alpha value is -1.86. The van der Waals surface area contributed by atoms with Gasteiger partial charge in [-0.05, 0) is 0 Å². The minimum Gasteiger partial charge on any atom is -0.448 e. The monoisotopic (exact) mass is 164 g/mol. The van der Waals surface area contributed by atoms with Crippen molar-refractivity contribution in [2.75, 3.05) is 7.11 Å². The number of hydrogen-bond acceptors (Lipinski definition) is 7. The largest absolute Gasteiger partial charge is 0.536 e. The van der Waals surface area contributed by atoms with Crippen LogP contribution in [0.5, 0.6) is 0 Å². The van der Waals surface area contributed by atoms with Crippen LogP contribution in [0.2, 0.25) is 0 Å². The van der Waals surface area contributed by atoms with E-state index < -0.39 is 12.3 Å². The van der Waals surface area contributed by atoms with Gasteiger partial charge in [0.1, 0.15) is 0 Å². The zero-order valence-corrected chi connectivity index (χ0v) is 5.38. The quantitative estimate of drug-likeness (QED) is 0.366. The third kappa shape index (κ3) is 6.02. The Kier molecular flexibility index (Phi) is 4.13. The highest BCUT2D eigenvalue weighted by Crippen LogP contribution is 1.85. The molecule has 0 heterocycles. The van der Waals surface area contributed by atoms with Gasteiger partial charge in [-0.15, -0.1) is 0 Å². The van der Waals surface area contributed by atoms with E-state index in [0.29, 0.717) is 0 Å². The summed E-state index contributed by atoms with van der Waals surface area (Å²) in [5.41, 5.74) is 0. The molecule has 8 heteroatoms. The predicted molar refractivity (Wildman–Crippen MR) is 27.5 cm³/mol. The normalized spacial score (nSPS) is 9.18. The topological polar surface area (TPSA) is 107 Å². The predicted octanol–water partition coefficient (Wildman–Crippen LogP) is 0.746. The molecule has 0 aromatic heterocycles. The van der Waals surface area contributed by atoms with E-state index in [1.807, 2.05) is 0 Å². The van der Waals surface area contributed by atoms with E-state index in [4.69, 9.17) is 5.11 Å². The minimum absolute atomic E-state index is 1.05. The summed E-state index contributed by atoms with van der Waals surface area (Å²) in [7, 11) is 1.05. The average Bonchev–Trinajstić information content (AvgIpc) is 1.97. The molecule has 62 valence electrons. The molecule has 11 heavy (non-hydrogen) atoms. The fourth-order valence-electron chi connectivity index (χ4n) is 0.139. The molecule has 0 saturated heterocycles. The van der Waals surface area contributed by atoms with Crippen molar-refractivity contribution in [2.24, 2.45) is 10.6 Å². The van der Waals surface area contributed by atoms with Gasteiger partial charge in [0.2, 0.25) is 0 Å². The van der Waals surface area contributed by atoms with E-state index in [0.717, 1.165) is 7.11 Å². The van der Waals surface area contributed by atoms with Crippen molar-refractivity contribution in [3.05, 3.63) is 0 Å². The lowest BCUT2D eigenvalue weighted by atomic mass is 11.3. The highest BCUT2D eigenvalue weighted by Gasteiger charge is 1.98. The molecule has 0 aliphatic rings. The van der Waals surface area contributed by atoms with Gasteiger partial charge in [-0.3, -0.25) is 9.68 Å². The molecule has 0 aromatic carbocycles. The van der Waals surface area contributed by atoms with Crippen LogP contribution in [0.4, 0.5) is 9.59 Å². The average molecular weight is 164 g/mol. The zero-order chi connectivity index (χ0) is 8.69. The molecule has 0 saturated carbocycles. The number of carboxylic acid groups (broad SMARTS) is 1. The van der Waals surface area contributed by atoms with Gasteiger partial charge >= 0.3 is 12.3 Å². The third-order valence-electron chi connectivity index (χ3n) is 0.434. The van der Waals surface area contributed by atoms with Crippen LogP contribution in [-0.4, -0.2) is 24.5 Å². The van der Waals surface area contributed by atoms with Gasteiger partial charge in [-0.2, -0.15) is 0 Å². The lowest BCUT2D eigenvalue weighted by Gasteiger charge is -1.89. The molecular formula is C3H4N2O6. The number of methoxy groups -OCH3 is 1. The van der Waals surface area contributed by atoms with Crippen molar-refractivity contribution in [3.63, 3.8) is 0 Å². The first-order chi connectivity index (χ1) is 5.16. The van der Waals surface area contributed by atoms with Crippen LogP contribution in [0.3, 0.4) is 0 Å². The Morgan fingerprint density at radius 3 is 2.27 bits per heavy atom. The third-order valence-corrected chi connectivity index (χ3v) is 0.434. The second-order valence-corrected chi connectivity index (χ2v) is 1.07. The molecule has 0 rings (SSSR count). The Bertz CT molecular complexity index is 177. The number of carbonyl (C=O) groups is 2. The van der Waals surface area contributed by atoms with Crippen molar-refractivity contribution in [1.29, 1.82) is 0 Å². The lowest BCUT2D eigenvalue weighted by molar-refractivity contribution is 0.0348. The number of carbonyl (C=O) groups excluding carboxylic acids is 1. The highest BCUT2D eigenvalue weighted by molar-refractivity contribution is 5.59. The summed E-state index contributed by atoms with van der Waals surface area (Å²) in [5, 5.41) is 12.8. The summed E-state index contributed by atoms with van der Waals surface area (Å²) >= 11 is 0. The molecule has 1 N–H and O–H groups in total. The van der Waals surface area contributed by atoms with Crippen molar-refractivity contribution in [3.8, 4) is 0 Å². The van der Waals surface area contributed by atoms with Crippen molar-refractivity contribution in [1.82, 2.24) is 0 Å². The molecule has 0 spiro atoms. The van der Waals surface area contributed by atoms with Gasteiger partial charge in [0.25, 0.3) is 0 Å². The summed E-state index contributed by atoms with van der Waals surface area (Å²) < 4.78 is 3.94. The van der Waals surface area contributed by atoms with Crippen LogP contribution in [0, 0.1) is 0 Å². The second kappa shape index (κ2) is 4.97. The van der Waals surface area contributed by atoms with Crippen LogP contribution >= 0.6 is 0 Å². The fraction of sp³-hybridized carbons (Fsp3) is 0.333. The van der Waals surface area contributed by atoms with Gasteiger partial charge < -0.3 is 9.84 Å². The Morgan fingerprint density at radius 1 is 1.27 bits per heavy atom. The first-order valence-corrected chi connectivity index (χ1v) is 2.22. The number of ether oxygens (including phenoxy) is 1. The second-order valence-electron chi connectivity index (χ2n) is 1.07. The molecule has 0 aromatic rings. The van der Waals surface area contributed by atoms with E-state index in [-0.39, 0.29) is 0 Å². The summed E-state index contributed by atoms with van der Waals surface area (Å²) in [6, 6.07) is 0. The van der Waals surface area contributed by atoms with Crippen molar-refractivity contribution >= 4 is 12.3 Å². The highest BCUT2D eigenvalue weighted by atomic mass is 16.8. The summed E-state index contributed by atoms with van der Waals surface area (Å²) in [4.78, 5) is 26.9. The fourth-order valence-corrected chi connectivity index (χ4v) is 0.139. The summed E-state index contributed by atoms with van der Waals surface area (Å²) in [6.45, 7) is 0. The number of nitrogens with zero attached hydrogens (tertiary/aromatic N) is 2. The first kappa shape index (κ1) is 9.14. The van der Waals surface area contributed by atoms with Gasteiger partial charge in [-0.25, -0.2) is 9.59 Å². The molecule has 0 unspecified atom stereocenters. The van der Waals surface area contributed by atoms with E-state index in [2.05, 4.69) is 25.0 Å². The summed E-state index contributed by atoms with van der Waals surface area (Å²) in [5.74, 6) is 0. The molecule has 0 fully saturated rings. The molecule has 0 atom stereocenters. The Balaban J connectivity index is 3.44. The summed E-state index contributed by atoms with van der Waals surface area (Å²) in [6.07, 6.45) is -2.79. The maximum Gasteiger partial charge on any atom is 0.536 e. The van der Waals surface area contributed by atoms with Crippen LogP contribution in [0.1, 0.15) is 0 Å². The molecular weight excluding hydrogens is 160 g/mol. The Morgan fingerprint density at radius 2 is 1.82 bits per heavy atom. The van der Waals surface area contributed by atoms with Crippen LogP contribution in [0.25, 0.3) is 0 Å². The Labute approximate surface area is 60.3 Å². The van der Waals surface area contributed by atoms with E-state index in [1.165, 1.54) is 0 Å². The SMILES string of the molecule is COC(=O)ON=NOC(=O)O. The number of hydrogen-bond donors (Lipinski definition) is 1. The first-order valence-electron chi connectivity index (χ1n) is 2.22. The van der Waals surface area contributed by atoms with Gasteiger partial charge in [0.05, 0.1) is 17.7 Å². The molecule has 0 radical (unpaired) electrons. The standard InChI is InChI=1S/C3H4N2O6/c1-9-3(8)11-5-4-10-2(6)7/h1H3,(H,6,7). The maximum absolute atomic E-state index is 10.1. The smallest absolute Gasteiger partial charge is 0.448 e. The van der Waals surface area contributed by atoms with E-state index in [9.17, 15) is 9.59 Å². The van der Waals surface area contributed by atoms with E-state index >= 15 is 0 Å².